The zero-order valence-corrected chi connectivity index (χ0v) is 13.9. The second-order valence-corrected chi connectivity index (χ2v) is 5.43. The third-order valence-corrected chi connectivity index (χ3v) is 3.79. The highest BCUT2D eigenvalue weighted by Gasteiger charge is 2.07. The smallest absolute Gasteiger partial charge is 0.244 e. The zero-order valence-electron chi connectivity index (χ0n) is 13.9. The number of hydrogen-bond donors (Lipinski definition) is 1. The van der Waals surface area contributed by atoms with Gasteiger partial charge in [-0.25, -0.2) is 0 Å². The number of ether oxygens (including phenoxy) is 1. The van der Waals surface area contributed by atoms with Crippen molar-refractivity contribution in [3.05, 3.63) is 71.3 Å². The Kier molecular flexibility index (Phi) is 5.98. The van der Waals surface area contributed by atoms with Gasteiger partial charge in [0.1, 0.15) is 5.75 Å². The Morgan fingerprint density at radius 3 is 2.35 bits per heavy atom. The average Bonchev–Trinajstić information content (AvgIpc) is 2.60. The minimum atomic E-state index is -0.104. The summed E-state index contributed by atoms with van der Waals surface area (Å²) < 4.78 is 5.11. The molecule has 2 aromatic carbocycles. The van der Waals surface area contributed by atoms with Gasteiger partial charge in [0.2, 0.25) is 5.91 Å². The minimum Gasteiger partial charge on any atom is -0.497 e. The van der Waals surface area contributed by atoms with E-state index in [0.29, 0.717) is 0 Å². The van der Waals surface area contributed by atoms with Gasteiger partial charge in [0, 0.05) is 6.08 Å². The van der Waals surface area contributed by atoms with Crippen LogP contribution in [0.25, 0.3) is 6.08 Å². The fraction of sp³-hybridized carbons (Fsp3) is 0.250. The highest BCUT2D eigenvalue weighted by molar-refractivity contribution is 5.91. The quantitative estimate of drug-likeness (QED) is 0.814. The molecule has 0 aliphatic rings. The second kappa shape index (κ2) is 8.18. The Hall–Kier alpha value is -2.55. The van der Waals surface area contributed by atoms with E-state index in [2.05, 4.69) is 36.5 Å². The normalized spacial score (nSPS) is 12.1. The van der Waals surface area contributed by atoms with Gasteiger partial charge in [-0.05, 0) is 48.2 Å². The minimum absolute atomic E-state index is 0.0195. The molecule has 120 valence electrons. The number of hydrogen-bond acceptors (Lipinski definition) is 2. The summed E-state index contributed by atoms with van der Waals surface area (Å²) in [5.74, 6) is 0.698. The molecule has 0 saturated carbocycles. The van der Waals surface area contributed by atoms with Crippen LogP contribution >= 0.6 is 0 Å². The highest BCUT2D eigenvalue weighted by atomic mass is 16.5. The molecule has 0 heterocycles. The molecule has 0 aliphatic heterocycles. The van der Waals surface area contributed by atoms with Gasteiger partial charge in [-0.3, -0.25) is 4.79 Å². The van der Waals surface area contributed by atoms with Crippen LogP contribution in [0.4, 0.5) is 0 Å². The molecular formula is C20H23NO2. The van der Waals surface area contributed by atoms with Gasteiger partial charge in [-0.2, -0.15) is 0 Å². The molecule has 0 bridgehead atoms. The number of methoxy groups -OCH3 is 1. The Morgan fingerprint density at radius 2 is 1.78 bits per heavy atom. The fourth-order valence-electron chi connectivity index (χ4n) is 2.27. The summed E-state index contributed by atoms with van der Waals surface area (Å²) in [5, 5.41) is 2.98. The van der Waals surface area contributed by atoms with Crippen LogP contribution in [0.2, 0.25) is 0 Å². The highest BCUT2D eigenvalue weighted by Crippen LogP contribution is 2.14. The summed E-state index contributed by atoms with van der Waals surface area (Å²) in [7, 11) is 1.63. The van der Waals surface area contributed by atoms with Gasteiger partial charge in [0.15, 0.2) is 0 Å². The lowest BCUT2D eigenvalue weighted by molar-refractivity contribution is -0.117. The summed E-state index contributed by atoms with van der Waals surface area (Å²) in [6, 6.07) is 15.9. The number of carbonyl (C=O) groups excluding carboxylic acids is 1. The molecule has 0 radical (unpaired) electrons. The van der Waals surface area contributed by atoms with Crippen molar-refractivity contribution in [3.8, 4) is 5.75 Å². The molecule has 1 atom stereocenters. The van der Waals surface area contributed by atoms with Crippen molar-refractivity contribution in [1.29, 1.82) is 0 Å². The van der Waals surface area contributed by atoms with Crippen LogP contribution in [0.3, 0.4) is 0 Å². The number of carbonyl (C=O) groups is 1. The Labute approximate surface area is 138 Å². The van der Waals surface area contributed by atoms with Crippen molar-refractivity contribution < 1.29 is 9.53 Å². The molecule has 2 rings (SSSR count). The standard InChI is InChI=1S/C20H23NO2/c1-4-16-5-10-18(11-6-16)15(2)21-20(22)14-9-17-7-12-19(23-3)13-8-17/h5-15H,4H2,1-3H3,(H,21,22)/b14-9+/t15-/m0/s1. The van der Waals surface area contributed by atoms with E-state index in [4.69, 9.17) is 4.74 Å². The predicted molar refractivity (Wildman–Crippen MR) is 94.4 cm³/mol. The van der Waals surface area contributed by atoms with E-state index in [1.54, 1.807) is 19.3 Å². The monoisotopic (exact) mass is 309 g/mol. The Bertz CT molecular complexity index is 657. The largest absolute Gasteiger partial charge is 0.497 e. The lowest BCUT2D eigenvalue weighted by atomic mass is 10.0. The number of benzene rings is 2. The van der Waals surface area contributed by atoms with Crippen LogP contribution < -0.4 is 10.1 Å². The van der Waals surface area contributed by atoms with E-state index in [1.165, 1.54) is 5.56 Å². The van der Waals surface area contributed by atoms with Gasteiger partial charge < -0.3 is 10.1 Å². The number of nitrogens with one attached hydrogen (secondary N) is 1. The van der Waals surface area contributed by atoms with E-state index >= 15 is 0 Å². The van der Waals surface area contributed by atoms with Crippen LogP contribution in [0, 0.1) is 0 Å². The number of aryl methyl sites for hydroxylation is 1. The van der Waals surface area contributed by atoms with E-state index in [1.807, 2.05) is 31.2 Å². The molecule has 1 amide bonds. The third kappa shape index (κ3) is 4.99. The first-order valence-electron chi connectivity index (χ1n) is 7.84. The molecule has 3 nitrogen and oxygen atoms in total. The van der Waals surface area contributed by atoms with E-state index in [9.17, 15) is 4.79 Å². The van der Waals surface area contributed by atoms with Crippen molar-refractivity contribution in [3.63, 3.8) is 0 Å². The molecule has 0 aliphatic carbocycles. The molecule has 23 heavy (non-hydrogen) atoms. The molecule has 1 N–H and O–H groups in total. The predicted octanol–water partition coefficient (Wildman–Crippen LogP) is 4.15. The van der Waals surface area contributed by atoms with Crippen LogP contribution in [-0.2, 0) is 11.2 Å². The van der Waals surface area contributed by atoms with E-state index in [0.717, 1.165) is 23.3 Å². The molecular weight excluding hydrogens is 286 g/mol. The summed E-state index contributed by atoms with van der Waals surface area (Å²) in [6.45, 7) is 4.12. The maximum absolute atomic E-state index is 12.0. The average molecular weight is 309 g/mol. The summed E-state index contributed by atoms with van der Waals surface area (Å²) >= 11 is 0. The van der Waals surface area contributed by atoms with E-state index in [-0.39, 0.29) is 11.9 Å². The lowest BCUT2D eigenvalue weighted by Crippen LogP contribution is -2.24. The van der Waals surface area contributed by atoms with Gasteiger partial charge in [-0.1, -0.05) is 43.3 Å². The van der Waals surface area contributed by atoms with Crippen molar-refractivity contribution >= 4 is 12.0 Å². The Morgan fingerprint density at radius 1 is 1.13 bits per heavy atom. The molecule has 0 saturated heterocycles. The topological polar surface area (TPSA) is 38.3 Å². The van der Waals surface area contributed by atoms with Gasteiger partial charge >= 0.3 is 0 Å². The van der Waals surface area contributed by atoms with Gasteiger partial charge in [-0.15, -0.1) is 0 Å². The van der Waals surface area contributed by atoms with Crippen LogP contribution in [0.1, 0.15) is 36.6 Å². The maximum Gasteiger partial charge on any atom is 0.244 e. The molecule has 2 aromatic rings. The number of amides is 1. The van der Waals surface area contributed by atoms with Gasteiger partial charge in [0.25, 0.3) is 0 Å². The Balaban J connectivity index is 1.93. The summed E-state index contributed by atoms with van der Waals surface area (Å²) in [5.41, 5.74) is 3.36. The van der Waals surface area contributed by atoms with Crippen molar-refractivity contribution in [2.75, 3.05) is 7.11 Å². The van der Waals surface area contributed by atoms with Crippen LogP contribution in [-0.4, -0.2) is 13.0 Å². The van der Waals surface area contributed by atoms with Crippen molar-refractivity contribution in [2.45, 2.75) is 26.3 Å². The molecule has 3 heteroatoms. The molecule has 0 spiro atoms. The van der Waals surface area contributed by atoms with Crippen LogP contribution in [0.5, 0.6) is 5.75 Å². The second-order valence-electron chi connectivity index (χ2n) is 5.43. The number of rotatable bonds is 6. The SMILES string of the molecule is CCc1ccc([C@H](C)NC(=O)/C=C/c2ccc(OC)cc2)cc1. The summed E-state index contributed by atoms with van der Waals surface area (Å²) in [6.07, 6.45) is 4.37. The first-order chi connectivity index (χ1) is 11.1. The maximum atomic E-state index is 12.0. The van der Waals surface area contributed by atoms with E-state index < -0.39 is 0 Å². The first kappa shape index (κ1) is 16.8. The van der Waals surface area contributed by atoms with Gasteiger partial charge in [0.05, 0.1) is 13.2 Å². The van der Waals surface area contributed by atoms with Crippen LogP contribution in [0.15, 0.2) is 54.6 Å². The molecule has 0 fully saturated rings. The van der Waals surface area contributed by atoms with Crippen molar-refractivity contribution in [1.82, 2.24) is 5.32 Å². The lowest BCUT2D eigenvalue weighted by Gasteiger charge is -2.13. The third-order valence-electron chi connectivity index (χ3n) is 3.79. The summed E-state index contributed by atoms with van der Waals surface area (Å²) in [4.78, 5) is 12.0. The first-order valence-corrected chi connectivity index (χ1v) is 7.84. The molecule has 0 aromatic heterocycles. The fourth-order valence-corrected chi connectivity index (χ4v) is 2.27. The van der Waals surface area contributed by atoms with Crippen molar-refractivity contribution in [2.24, 2.45) is 0 Å². The molecule has 0 unspecified atom stereocenters. The zero-order chi connectivity index (χ0) is 16.7.